The van der Waals surface area contributed by atoms with Crippen LogP contribution in [0.1, 0.15) is 31.5 Å². The van der Waals surface area contributed by atoms with Crippen molar-refractivity contribution < 1.29 is 43.0 Å². The molecule has 336 valence electrons. The lowest BCUT2D eigenvalue weighted by atomic mass is 10.5. The fraction of sp³-hybridized carbons (Fsp3) is 0.912. The Labute approximate surface area is 355 Å². The van der Waals surface area contributed by atoms with Crippen LogP contribution in [0, 0.1) is 6.92 Å². The molecule has 0 aromatic carbocycles. The standard InChI is InChI=1S/C34H83N5O10Si8/c1-32-37-33(35-24-20-26-50(8,9)46-54(16,17)48-52(12,13)28-22-30-56(40-2,41-3)42-4)39-34(38-32)36-25-21-27-51(10,11)47-55(18,19)49-53(14,15)29-23-31-57(43-5,44-6)45-7/h20-31H2,1-19H3,(H2,35,36,37,38,39). The van der Waals surface area contributed by atoms with Crippen LogP contribution in [0.4, 0.5) is 11.9 Å². The number of anilines is 2. The number of nitrogens with one attached hydrogen (secondary N) is 2. The first-order chi connectivity index (χ1) is 26.2. The van der Waals surface area contributed by atoms with Gasteiger partial charge in [0.05, 0.1) is 0 Å². The van der Waals surface area contributed by atoms with E-state index >= 15 is 0 Å². The highest BCUT2D eigenvalue weighted by Gasteiger charge is 2.43. The maximum atomic E-state index is 6.85. The molecular formula is C34H83N5O10Si8. The summed E-state index contributed by atoms with van der Waals surface area (Å²) >= 11 is 0. The van der Waals surface area contributed by atoms with Gasteiger partial charge in [-0.25, -0.2) is 0 Å². The Morgan fingerprint density at radius 1 is 0.386 bits per heavy atom. The lowest BCUT2D eigenvalue weighted by Gasteiger charge is -2.39. The zero-order valence-electron chi connectivity index (χ0n) is 39.4. The maximum Gasteiger partial charge on any atom is 0.500 e. The van der Waals surface area contributed by atoms with Gasteiger partial charge in [-0.05, 0) is 135 Å². The van der Waals surface area contributed by atoms with Crippen LogP contribution < -0.4 is 10.6 Å². The molecule has 0 aliphatic rings. The molecule has 1 heterocycles. The number of rotatable bonds is 32. The van der Waals surface area contributed by atoms with Crippen LogP contribution in [0.3, 0.4) is 0 Å². The Balaban J connectivity index is 2.58. The molecule has 1 aromatic rings. The van der Waals surface area contributed by atoms with Gasteiger partial charge in [0.2, 0.25) is 11.9 Å². The van der Waals surface area contributed by atoms with E-state index in [1.54, 1.807) is 42.7 Å². The molecule has 0 saturated carbocycles. The van der Waals surface area contributed by atoms with Crippen molar-refractivity contribution in [1.29, 1.82) is 0 Å². The molecule has 0 unspecified atom stereocenters. The van der Waals surface area contributed by atoms with Crippen molar-refractivity contribution in [2.75, 3.05) is 66.4 Å². The van der Waals surface area contributed by atoms with E-state index in [-0.39, 0.29) is 0 Å². The van der Waals surface area contributed by atoms with Crippen molar-refractivity contribution in [1.82, 2.24) is 15.0 Å². The number of nitrogens with zero attached hydrogens (tertiary/aromatic N) is 3. The van der Waals surface area contributed by atoms with Gasteiger partial charge < -0.3 is 53.7 Å². The van der Waals surface area contributed by atoms with Gasteiger partial charge in [-0.15, -0.1) is 0 Å². The van der Waals surface area contributed by atoms with Gasteiger partial charge in [-0.3, -0.25) is 0 Å². The highest BCUT2D eigenvalue weighted by molar-refractivity contribution is 6.88. The van der Waals surface area contributed by atoms with Crippen molar-refractivity contribution in [2.45, 2.75) is 147 Å². The molecular weight excluding hydrogens is 863 g/mol. The Bertz CT molecular complexity index is 1200. The zero-order valence-corrected chi connectivity index (χ0v) is 47.4. The van der Waals surface area contributed by atoms with Crippen molar-refractivity contribution in [2.24, 2.45) is 0 Å². The van der Waals surface area contributed by atoms with Gasteiger partial charge in [-0.1, -0.05) is 0 Å². The van der Waals surface area contributed by atoms with Crippen LogP contribution in [0.5, 0.6) is 0 Å². The number of hydrogen-bond donors (Lipinski definition) is 2. The molecule has 0 fully saturated rings. The lowest BCUT2D eigenvalue weighted by molar-refractivity contribution is 0.123. The van der Waals surface area contributed by atoms with Gasteiger partial charge in [0.25, 0.3) is 0 Å². The minimum Gasteiger partial charge on any atom is -0.437 e. The Hall–Kier alpha value is -0.0549. The van der Waals surface area contributed by atoms with E-state index in [4.69, 9.17) is 43.0 Å². The number of hydrogen-bond acceptors (Lipinski definition) is 15. The van der Waals surface area contributed by atoms with Crippen LogP contribution in [0.15, 0.2) is 0 Å². The third-order valence-electron chi connectivity index (χ3n) is 9.70. The predicted octanol–water partition coefficient (Wildman–Crippen LogP) is 8.61. The van der Waals surface area contributed by atoms with Gasteiger partial charge in [-0.2, -0.15) is 15.0 Å². The summed E-state index contributed by atoms with van der Waals surface area (Å²) in [6.07, 6.45) is 3.80. The second kappa shape index (κ2) is 24.0. The first-order valence-corrected chi connectivity index (χ1v) is 42.4. The Morgan fingerprint density at radius 3 is 0.912 bits per heavy atom. The summed E-state index contributed by atoms with van der Waals surface area (Å²) in [6.45, 7) is 30.5. The summed E-state index contributed by atoms with van der Waals surface area (Å²) in [5, 5.41) is 6.85. The van der Waals surface area contributed by atoms with Crippen LogP contribution >= 0.6 is 0 Å². The molecule has 57 heavy (non-hydrogen) atoms. The van der Waals surface area contributed by atoms with Gasteiger partial charge in [0.15, 0.2) is 33.3 Å². The first kappa shape index (κ1) is 55.0. The van der Waals surface area contributed by atoms with Gasteiger partial charge >= 0.3 is 34.7 Å². The highest BCUT2D eigenvalue weighted by atomic mass is 28.5. The molecule has 23 heteroatoms. The van der Waals surface area contributed by atoms with E-state index in [0.717, 1.165) is 75.0 Å². The summed E-state index contributed by atoms with van der Waals surface area (Å²) in [4.78, 5) is 13.8. The van der Waals surface area contributed by atoms with Gasteiger partial charge in [0, 0.05) is 67.8 Å². The van der Waals surface area contributed by atoms with Crippen molar-refractivity contribution >= 4 is 79.9 Å². The molecule has 0 aliphatic carbocycles. The molecule has 0 aliphatic heterocycles. The predicted molar refractivity (Wildman–Crippen MR) is 252 cm³/mol. The fourth-order valence-electron chi connectivity index (χ4n) is 7.55. The van der Waals surface area contributed by atoms with Crippen LogP contribution in [0.2, 0.25) is 115 Å². The van der Waals surface area contributed by atoms with Crippen LogP contribution in [-0.2, 0) is 43.0 Å². The topological polar surface area (TPSA) is 155 Å². The van der Waals surface area contributed by atoms with E-state index in [1.165, 1.54) is 0 Å². The van der Waals surface area contributed by atoms with E-state index in [9.17, 15) is 0 Å². The first-order valence-electron chi connectivity index (χ1n) is 20.5. The summed E-state index contributed by atoms with van der Waals surface area (Å²) in [5.41, 5.74) is 0. The molecule has 1 rings (SSSR count). The molecule has 0 atom stereocenters. The monoisotopic (exact) mass is 945 g/mol. The number of aryl methyl sites for hydroxylation is 1. The van der Waals surface area contributed by atoms with E-state index in [2.05, 4.69) is 104 Å². The molecule has 0 saturated heterocycles. The maximum absolute atomic E-state index is 6.85. The Kier molecular flexibility index (Phi) is 23.1. The average Bonchev–Trinajstić information content (AvgIpc) is 3.07. The quantitative estimate of drug-likeness (QED) is 0.0523. The number of aromatic nitrogens is 3. The zero-order chi connectivity index (χ0) is 43.8. The fourth-order valence-corrected chi connectivity index (χ4v) is 39.8. The SMILES string of the molecule is CO[Si](CCC[Si](C)(C)O[Si](C)(C)O[Si](C)(C)CCCNc1nc(C)nc(NCCC[Si](C)(C)O[Si](C)(C)O[Si](C)(C)CCC[Si](OC)(OC)OC)n1)(OC)OC. The molecule has 0 radical (unpaired) electrons. The minimum atomic E-state index is -2.58. The summed E-state index contributed by atoms with van der Waals surface area (Å²) < 4.78 is 61.0. The second-order valence-electron chi connectivity index (χ2n) is 18.1. The molecule has 15 nitrogen and oxygen atoms in total. The molecule has 0 spiro atoms. The van der Waals surface area contributed by atoms with E-state index in [0.29, 0.717) is 17.7 Å². The molecule has 0 bridgehead atoms. The van der Waals surface area contributed by atoms with E-state index < -0.39 is 68.0 Å². The third kappa shape index (κ3) is 22.0. The smallest absolute Gasteiger partial charge is 0.437 e. The average molecular weight is 947 g/mol. The van der Waals surface area contributed by atoms with Crippen LogP contribution in [-0.4, -0.2) is 139 Å². The lowest BCUT2D eigenvalue weighted by Crippen LogP contribution is -2.52. The molecule has 2 N–H and O–H groups in total. The minimum absolute atomic E-state index is 0.591. The van der Waals surface area contributed by atoms with E-state index in [1.807, 2.05) is 6.92 Å². The second-order valence-corrected chi connectivity index (χ2v) is 49.3. The highest BCUT2D eigenvalue weighted by Crippen LogP contribution is 2.30. The normalized spacial score (nSPS) is 14.0. The summed E-state index contributed by atoms with van der Waals surface area (Å²) in [5.74, 6) is 1.86. The van der Waals surface area contributed by atoms with Crippen molar-refractivity contribution in [3.8, 4) is 0 Å². The van der Waals surface area contributed by atoms with Crippen LogP contribution in [0.25, 0.3) is 0 Å². The third-order valence-corrected chi connectivity index (χ3v) is 38.3. The Morgan fingerprint density at radius 2 is 0.649 bits per heavy atom. The summed E-state index contributed by atoms with van der Waals surface area (Å²) in [7, 11) is -7.72. The van der Waals surface area contributed by atoms with Crippen molar-refractivity contribution in [3.63, 3.8) is 0 Å². The molecule has 1 aromatic heterocycles. The molecule has 0 amide bonds. The largest absolute Gasteiger partial charge is 0.500 e. The van der Waals surface area contributed by atoms with Gasteiger partial charge in [0.1, 0.15) is 5.82 Å². The summed E-state index contributed by atoms with van der Waals surface area (Å²) in [6, 6.07) is 5.57. The van der Waals surface area contributed by atoms with Crippen molar-refractivity contribution in [3.05, 3.63) is 5.82 Å².